The van der Waals surface area contributed by atoms with E-state index in [4.69, 9.17) is 4.74 Å². The molecule has 3 rings (SSSR count). The zero-order chi connectivity index (χ0) is 16.1. The summed E-state index contributed by atoms with van der Waals surface area (Å²) < 4.78 is 18.7. The third-order valence-corrected chi connectivity index (χ3v) is 5.18. The maximum absolute atomic E-state index is 12.9. The smallest absolute Gasteiger partial charge is 0.123 e. The molecule has 1 fully saturated rings. The predicted molar refractivity (Wildman–Crippen MR) is 90.3 cm³/mol. The Morgan fingerprint density at radius 3 is 2.87 bits per heavy atom. The average Bonchev–Trinajstić information content (AvgIpc) is 3.09. The molecular formula is C18H22FNO2S. The Morgan fingerprint density at radius 2 is 2.13 bits per heavy atom. The number of aliphatic hydroxyl groups excluding tert-OH is 1. The second kappa shape index (κ2) is 7.90. The number of nitrogens with zero attached hydrogens (tertiary/aromatic N) is 1. The molecule has 0 aliphatic carbocycles. The first kappa shape index (κ1) is 16.4. The first-order valence-electron chi connectivity index (χ1n) is 8.03. The molecule has 5 heteroatoms. The van der Waals surface area contributed by atoms with Crippen LogP contribution < -0.4 is 4.74 Å². The Labute approximate surface area is 140 Å². The van der Waals surface area contributed by atoms with E-state index in [9.17, 15) is 9.50 Å². The molecule has 0 saturated carbocycles. The number of aliphatic hydroxyl groups is 1. The van der Waals surface area contributed by atoms with E-state index in [1.165, 1.54) is 12.1 Å². The van der Waals surface area contributed by atoms with Gasteiger partial charge in [-0.2, -0.15) is 0 Å². The molecule has 1 aromatic heterocycles. The van der Waals surface area contributed by atoms with Crippen LogP contribution in [0.2, 0.25) is 0 Å². The van der Waals surface area contributed by atoms with E-state index in [1.807, 2.05) is 17.5 Å². The molecule has 2 unspecified atom stereocenters. The summed E-state index contributed by atoms with van der Waals surface area (Å²) in [7, 11) is 0. The molecule has 0 bridgehead atoms. The standard InChI is InChI=1S/C18H22FNO2S/c19-15-5-7-16(8-6-15)22-13-14-3-1-9-20(11-14)12-17(21)18-4-2-10-23-18/h2,4-8,10,14,17,21H,1,3,9,11-13H2. The summed E-state index contributed by atoms with van der Waals surface area (Å²) in [5.74, 6) is 0.912. The number of rotatable bonds is 6. The lowest BCUT2D eigenvalue weighted by atomic mass is 9.98. The van der Waals surface area contributed by atoms with Crippen molar-refractivity contribution >= 4 is 11.3 Å². The summed E-state index contributed by atoms with van der Waals surface area (Å²) in [5, 5.41) is 12.3. The van der Waals surface area contributed by atoms with Gasteiger partial charge in [-0.15, -0.1) is 11.3 Å². The number of ether oxygens (including phenoxy) is 1. The van der Waals surface area contributed by atoms with Crippen LogP contribution in [0.4, 0.5) is 4.39 Å². The molecule has 1 aromatic carbocycles. The van der Waals surface area contributed by atoms with Crippen molar-refractivity contribution in [1.82, 2.24) is 4.90 Å². The monoisotopic (exact) mass is 335 g/mol. The molecule has 2 aromatic rings. The molecule has 2 heterocycles. The molecule has 1 saturated heterocycles. The van der Waals surface area contributed by atoms with Gasteiger partial charge >= 0.3 is 0 Å². The SMILES string of the molecule is OC(CN1CCCC(COc2ccc(F)cc2)C1)c1cccs1. The second-order valence-corrected chi connectivity index (χ2v) is 7.04. The van der Waals surface area contributed by atoms with Crippen LogP contribution in [0.25, 0.3) is 0 Å². The molecule has 0 amide bonds. The summed E-state index contributed by atoms with van der Waals surface area (Å²) >= 11 is 1.60. The molecule has 0 radical (unpaired) electrons. The van der Waals surface area contributed by atoms with E-state index in [0.717, 1.165) is 30.8 Å². The van der Waals surface area contributed by atoms with Gasteiger partial charge in [0.05, 0.1) is 6.61 Å². The molecule has 1 N–H and O–H groups in total. The Bertz CT molecular complexity index is 588. The number of hydrogen-bond acceptors (Lipinski definition) is 4. The lowest BCUT2D eigenvalue weighted by Crippen LogP contribution is -2.39. The number of halogens is 1. The summed E-state index contributed by atoms with van der Waals surface area (Å²) in [6.45, 7) is 3.27. The first-order valence-corrected chi connectivity index (χ1v) is 8.91. The van der Waals surface area contributed by atoms with Crippen molar-refractivity contribution in [3.05, 3.63) is 52.5 Å². The van der Waals surface area contributed by atoms with Crippen molar-refractivity contribution in [3.8, 4) is 5.75 Å². The zero-order valence-corrected chi connectivity index (χ0v) is 13.8. The summed E-state index contributed by atoms with van der Waals surface area (Å²) in [5.41, 5.74) is 0. The first-order chi connectivity index (χ1) is 11.2. The van der Waals surface area contributed by atoms with Crippen LogP contribution in [0.15, 0.2) is 41.8 Å². The number of piperidine rings is 1. The summed E-state index contributed by atoms with van der Waals surface area (Å²) in [6.07, 6.45) is 1.84. The molecule has 124 valence electrons. The van der Waals surface area contributed by atoms with Gasteiger partial charge in [0.2, 0.25) is 0 Å². The van der Waals surface area contributed by atoms with Crippen molar-refractivity contribution in [2.45, 2.75) is 18.9 Å². The van der Waals surface area contributed by atoms with Gasteiger partial charge in [-0.05, 0) is 55.1 Å². The molecule has 1 aliphatic rings. The maximum atomic E-state index is 12.9. The quantitative estimate of drug-likeness (QED) is 0.873. The Kier molecular flexibility index (Phi) is 5.65. The average molecular weight is 335 g/mol. The van der Waals surface area contributed by atoms with Crippen LogP contribution in [-0.4, -0.2) is 36.2 Å². The minimum absolute atomic E-state index is 0.247. The van der Waals surface area contributed by atoms with Crippen LogP contribution >= 0.6 is 11.3 Å². The molecule has 23 heavy (non-hydrogen) atoms. The van der Waals surface area contributed by atoms with Gasteiger partial charge in [0.15, 0.2) is 0 Å². The fourth-order valence-electron chi connectivity index (χ4n) is 3.01. The van der Waals surface area contributed by atoms with Gasteiger partial charge in [-0.3, -0.25) is 4.90 Å². The minimum Gasteiger partial charge on any atom is -0.493 e. The maximum Gasteiger partial charge on any atom is 0.123 e. The zero-order valence-electron chi connectivity index (χ0n) is 13.0. The Morgan fingerprint density at radius 1 is 1.30 bits per heavy atom. The highest BCUT2D eigenvalue weighted by molar-refractivity contribution is 7.10. The van der Waals surface area contributed by atoms with Gasteiger partial charge in [0.25, 0.3) is 0 Å². The fraction of sp³-hybridized carbons (Fsp3) is 0.444. The van der Waals surface area contributed by atoms with E-state index in [-0.39, 0.29) is 5.82 Å². The van der Waals surface area contributed by atoms with Gasteiger partial charge in [0, 0.05) is 23.9 Å². The number of benzene rings is 1. The van der Waals surface area contributed by atoms with Crippen molar-refractivity contribution in [2.24, 2.45) is 5.92 Å². The lowest BCUT2D eigenvalue weighted by Gasteiger charge is -2.33. The topological polar surface area (TPSA) is 32.7 Å². The number of likely N-dealkylation sites (tertiary alicyclic amines) is 1. The molecule has 1 aliphatic heterocycles. The number of β-amino-alcohol motifs (C(OH)–C–C–N with tert-alkyl or cyclic N) is 1. The number of thiophene rings is 1. The summed E-state index contributed by atoms with van der Waals surface area (Å²) in [6, 6.07) is 10.1. The van der Waals surface area contributed by atoms with Crippen LogP contribution in [0, 0.1) is 11.7 Å². The van der Waals surface area contributed by atoms with E-state index >= 15 is 0 Å². The molecule has 3 nitrogen and oxygen atoms in total. The highest BCUT2D eigenvalue weighted by Crippen LogP contribution is 2.24. The van der Waals surface area contributed by atoms with Crippen LogP contribution in [-0.2, 0) is 0 Å². The van der Waals surface area contributed by atoms with Crippen LogP contribution in [0.5, 0.6) is 5.75 Å². The minimum atomic E-state index is -0.410. The molecular weight excluding hydrogens is 313 g/mol. The van der Waals surface area contributed by atoms with Gasteiger partial charge in [-0.25, -0.2) is 4.39 Å². The van der Waals surface area contributed by atoms with Crippen LogP contribution in [0.3, 0.4) is 0 Å². The Hall–Kier alpha value is -1.43. The van der Waals surface area contributed by atoms with E-state index in [2.05, 4.69) is 4.90 Å². The predicted octanol–water partition coefficient (Wildman–Crippen LogP) is 3.71. The molecule has 2 atom stereocenters. The summed E-state index contributed by atoms with van der Waals surface area (Å²) in [4.78, 5) is 3.33. The van der Waals surface area contributed by atoms with E-state index < -0.39 is 6.10 Å². The van der Waals surface area contributed by atoms with Crippen molar-refractivity contribution in [2.75, 3.05) is 26.2 Å². The van der Waals surface area contributed by atoms with Crippen molar-refractivity contribution in [1.29, 1.82) is 0 Å². The van der Waals surface area contributed by atoms with E-state index in [1.54, 1.807) is 23.5 Å². The third kappa shape index (κ3) is 4.77. The van der Waals surface area contributed by atoms with Gasteiger partial charge in [0.1, 0.15) is 17.7 Å². The van der Waals surface area contributed by atoms with Gasteiger partial charge in [-0.1, -0.05) is 6.07 Å². The van der Waals surface area contributed by atoms with E-state index in [0.29, 0.717) is 24.8 Å². The fourth-order valence-corrected chi connectivity index (χ4v) is 3.72. The van der Waals surface area contributed by atoms with Crippen molar-refractivity contribution < 1.29 is 14.2 Å². The second-order valence-electron chi connectivity index (χ2n) is 6.06. The highest BCUT2D eigenvalue weighted by Gasteiger charge is 2.23. The lowest BCUT2D eigenvalue weighted by molar-refractivity contribution is 0.0730. The third-order valence-electron chi connectivity index (χ3n) is 4.21. The highest BCUT2D eigenvalue weighted by atomic mass is 32.1. The number of hydrogen-bond donors (Lipinski definition) is 1. The van der Waals surface area contributed by atoms with Gasteiger partial charge < -0.3 is 9.84 Å². The molecule has 0 spiro atoms. The van der Waals surface area contributed by atoms with Crippen molar-refractivity contribution in [3.63, 3.8) is 0 Å². The normalized spacial score (nSPS) is 20.3. The Balaban J connectivity index is 1.47. The van der Waals surface area contributed by atoms with Crippen LogP contribution in [0.1, 0.15) is 23.8 Å². The largest absolute Gasteiger partial charge is 0.493 e.